The highest BCUT2D eigenvalue weighted by Gasteiger charge is 2.08. The number of sulfone groups is 1. The highest BCUT2D eigenvalue weighted by atomic mass is 32.2. The number of nitrogens with zero attached hydrogens (tertiary/aromatic N) is 1. The molecule has 0 aliphatic heterocycles. The molecule has 0 heterocycles. The van der Waals surface area contributed by atoms with Crippen molar-refractivity contribution in [1.29, 1.82) is 0 Å². The predicted molar refractivity (Wildman–Crippen MR) is 67.8 cm³/mol. The molecule has 90 valence electrons. The SMILES string of the molecule is CC(C)CNC(=S)N(C)CCS(C)(=O)=O. The summed E-state index contributed by atoms with van der Waals surface area (Å²) in [6.07, 6.45) is 1.23. The van der Waals surface area contributed by atoms with E-state index in [4.69, 9.17) is 12.2 Å². The molecular weight excluding hydrogens is 232 g/mol. The molecule has 0 saturated carbocycles. The Morgan fingerprint density at radius 2 is 2.00 bits per heavy atom. The van der Waals surface area contributed by atoms with Crippen LogP contribution in [0.2, 0.25) is 0 Å². The molecule has 15 heavy (non-hydrogen) atoms. The zero-order valence-corrected chi connectivity index (χ0v) is 11.4. The van der Waals surface area contributed by atoms with E-state index in [1.807, 2.05) is 0 Å². The zero-order chi connectivity index (χ0) is 12.1. The maximum atomic E-state index is 10.9. The van der Waals surface area contributed by atoms with E-state index in [-0.39, 0.29) is 5.75 Å². The molecular formula is C9H20N2O2S2. The maximum absolute atomic E-state index is 10.9. The topological polar surface area (TPSA) is 49.4 Å². The Morgan fingerprint density at radius 3 is 2.40 bits per heavy atom. The average molecular weight is 252 g/mol. The van der Waals surface area contributed by atoms with E-state index < -0.39 is 9.84 Å². The van der Waals surface area contributed by atoms with Gasteiger partial charge in [-0.3, -0.25) is 0 Å². The van der Waals surface area contributed by atoms with Crippen molar-refractivity contribution in [3.63, 3.8) is 0 Å². The fourth-order valence-corrected chi connectivity index (χ4v) is 1.61. The summed E-state index contributed by atoms with van der Waals surface area (Å²) in [5.74, 6) is 0.652. The van der Waals surface area contributed by atoms with Gasteiger partial charge in [-0.15, -0.1) is 0 Å². The van der Waals surface area contributed by atoms with Gasteiger partial charge in [0.1, 0.15) is 9.84 Å². The van der Waals surface area contributed by atoms with Crippen LogP contribution in [0, 0.1) is 5.92 Å². The third kappa shape index (κ3) is 8.62. The number of rotatable bonds is 5. The molecule has 0 bridgehead atoms. The Bertz CT molecular complexity index is 299. The van der Waals surface area contributed by atoms with E-state index in [0.29, 0.717) is 17.6 Å². The maximum Gasteiger partial charge on any atom is 0.168 e. The standard InChI is InChI=1S/C9H20N2O2S2/c1-8(2)7-10-9(14)11(3)5-6-15(4,12)13/h8H,5-7H2,1-4H3,(H,10,14). The highest BCUT2D eigenvalue weighted by Crippen LogP contribution is 1.92. The van der Waals surface area contributed by atoms with Gasteiger partial charge in [0.15, 0.2) is 5.11 Å². The summed E-state index contributed by atoms with van der Waals surface area (Å²) in [4.78, 5) is 1.75. The Labute approximate surface area is 98.0 Å². The van der Waals surface area contributed by atoms with Gasteiger partial charge in [0.05, 0.1) is 5.75 Å². The lowest BCUT2D eigenvalue weighted by molar-refractivity contribution is 0.504. The number of nitrogens with one attached hydrogen (secondary N) is 1. The fourth-order valence-electron chi connectivity index (χ4n) is 0.831. The van der Waals surface area contributed by atoms with E-state index in [1.165, 1.54) is 6.26 Å². The molecule has 0 spiro atoms. The lowest BCUT2D eigenvalue weighted by atomic mass is 10.2. The minimum Gasteiger partial charge on any atom is -0.362 e. The van der Waals surface area contributed by atoms with Crippen molar-refractivity contribution < 1.29 is 8.42 Å². The molecule has 0 aliphatic rings. The molecule has 0 aliphatic carbocycles. The van der Waals surface area contributed by atoms with Crippen molar-refractivity contribution in [2.24, 2.45) is 5.92 Å². The monoisotopic (exact) mass is 252 g/mol. The predicted octanol–water partition coefficient (Wildman–Crippen LogP) is 0.493. The first-order valence-corrected chi connectivity index (χ1v) is 7.36. The Hall–Kier alpha value is -0.360. The summed E-state index contributed by atoms with van der Waals surface area (Å²) in [5, 5.41) is 3.68. The smallest absolute Gasteiger partial charge is 0.168 e. The largest absolute Gasteiger partial charge is 0.362 e. The molecule has 0 saturated heterocycles. The van der Waals surface area contributed by atoms with Crippen LogP contribution in [-0.2, 0) is 9.84 Å². The van der Waals surface area contributed by atoms with E-state index in [1.54, 1.807) is 11.9 Å². The summed E-state index contributed by atoms with van der Waals surface area (Å²) < 4.78 is 21.9. The first kappa shape index (κ1) is 14.6. The molecule has 1 N–H and O–H groups in total. The van der Waals surface area contributed by atoms with Crippen molar-refractivity contribution in [3.05, 3.63) is 0 Å². The zero-order valence-electron chi connectivity index (χ0n) is 9.78. The number of hydrogen-bond acceptors (Lipinski definition) is 3. The van der Waals surface area contributed by atoms with Gasteiger partial charge in [-0.25, -0.2) is 8.42 Å². The lowest BCUT2D eigenvalue weighted by Gasteiger charge is -2.21. The van der Waals surface area contributed by atoms with Crippen LogP contribution in [0.4, 0.5) is 0 Å². The van der Waals surface area contributed by atoms with Gasteiger partial charge < -0.3 is 10.2 Å². The summed E-state index contributed by atoms with van der Waals surface area (Å²) >= 11 is 5.10. The van der Waals surface area contributed by atoms with Gasteiger partial charge in [0.2, 0.25) is 0 Å². The summed E-state index contributed by atoms with van der Waals surface area (Å²) in [7, 11) is -1.12. The molecule has 0 unspecified atom stereocenters. The van der Waals surface area contributed by atoms with Crippen molar-refractivity contribution in [2.75, 3.05) is 32.1 Å². The van der Waals surface area contributed by atoms with E-state index in [9.17, 15) is 8.42 Å². The third-order valence-electron chi connectivity index (χ3n) is 1.81. The van der Waals surface area contributed by atoms with Gasteiger partial charge in [-0.2, -0.15) is 0 Å². The van der Waals surface area contributed by atoms with Gasteiger partial charge in [-0.05, 0) is 18.1 Å². The first-order valence-electron chi connectivity index (χ1n) is 4.89. The third-order valence-corrected chi connectivity index (χ3v) is 3.19. The molecule has 0 fully saturated rings. The first-order chi connectivity index (χ1) is 6.72. The molecule has 0 rings (SSSR count). The Kier molecular flexibility index (Phi) is 6.12. The molecule has 6 heteroatoms. The van der Waals surface area contributed by atoms with Crippen molar-refractivity contribution in [2.45, 2.75) is 13.8 Å². The van der Waals surface area contributed by atoms with Crippen LogP contribution in [0.1, 0.15) is 13.8 Å². The lowest BCUT2D eigenvalue weighted by Crippen LogP contribution is -2.40. The molecule has 0 atom stereocenters. The van der Waals surface area contributed by atoms with Gasteiger partial charge >= 0.3 is 0 Å². The second kappa shape index (κ2) is 6.27. The van der Waals surface area contributed by atoms with Gasteiger partial charge in [0, 0.05) is 26.4 Å². The van der Waals surface area contributed by atoms with E-state index in [0.717, 1.165) is 6.54 Å². The average Bonchev–Trinajstić information content (AvgIpc) is 2.08. The molecule has 0 aromatic rings. The van der Waals surface area contributed by atoms with Crippen molar-refractivity contribution in [3.8, 4) is 0 Å². The van der Waals surface area contributed by atoms with Crippen molar-refractivity contribution >= 4 is 27.2 Å². The second-order valence-corrected chi connectivity index (χ2v) is 6.78. The van der Waals surface area contributed by atoms with Crippen LogP contribution in [0.15, 0.2) is 0 Å². The van der Waals surface area contributed by atoms with Gasteiger partial charge in [-0.1, -0.05) is 13.8 Å². The van der Waals surface area contributed by atoms with Crippen LogP contribution in [0.5, 0.6) is 0 Å². The summed E-state index contributed by atoms with van der Waals surface area (Å²) in [5.41, 5.74) is 0. The van der Waals surface area contributed by atoms with E-state index >= 15 is 0 Å². The number of hydrogen-bond donors (Lipinski definition) is 1. The Balaban J connectivity index is 3.90. The van der Waals surface area contributed by atoms with Gasteiger partial charge in [0.25, 0.3) is 0 Å². The van der Waals surface area contributed by atoms with Crippen molar-refractivity contribution in [1.82, 2.24) is 10.2 Å². The number of thiocarbonyl (C=S) groups is 1. The van der Waals surface area contributed by atoms with Crippen LogP contribution in [0.25, 0.3) is 0 Å². The molecule has 0 radical (unpaired) electrons. The molecule has 0 amide bonds. The normalized spacial score (nSPS) is 11.5. The second-order valence-electron chi connectivity index (χ2n) is 4.13. The highest BCUT2D eigenvalue weighted by molar-refractivity contribution is 7.90. The minimum atomic E-state index is -2.91. The quantitative estimate of drug-likeness (QED) is 0.722. The Morgan fingerprint density at radius 1 is 1.47 bits per heavy atom. The summed E-state index contributed by atoms with van der Waals surface area (Å²) in [6, 6.07) is 0. The van der Waals surface area contributed by atoms with Crippen LogP contribution in [-0.4, -0.2) is 50.6 Å². The molecule has 0 aromatic heterocycles. The van der Waals surface area contributed by atoms with Crippen LogP contribution < -0.4 is 5.32 Å². The summed E-state index contributed by atoms with van der Waals surface area (Å²) in [6.45, 7) is 5.42. The fraction of sp³-hybridized carbons (Fsp3) is 0.889. The molecule has 4 nitrogen and oxygen atoms in total. The van der Waals surface area contributed by atoms with Crippen LogP contribution in [0.3, 0.4) is 0 Å². The van der Waals surface area contributed by atoms with Crippen LogP contribution >= 0.6 is 12.2 Å². The van der Waals surface area contributed by atoms with E-state index in [2.05, 4.69) is 19.2 Å². The molecule has 0 aromatic carbocycles. The minimum absolute atomic E-state index is 0.132.